The van der Waals surface area contributed by atoms with Crippen molar-refractivity contribution in [1.82, 2.24) is 0 Å². The molecule has 0 aliphatic heterocycles. The number of aliphatic hydroxyl groups is 2. The average molecular weight is 227 g/mol. The second-order valence-corrected chi connectivity index (χ2v) is 2.39. The van der Waals surface area contributed by atoms with E-state index in [0.29, 0.717) is 0 Å². The van der Waals surface area contributed by atoms with Crippen LogP contribution in [0.5, 0.6) is 0 Å². The van der Waals surface area contributed by atoms with E-state index in [1.165, 1.54) is 0 Å². The molecule has 0 saturated heterocycles. The van der Waals surface area contributed by atoms with Crippen molar-refractivity contribution in [2.24, 2.45) is 0 Å². The van der Waals surface area contributed by atoms with Gasteiger partial charge in [-0.3, -0.25) is 0 Å². The first kappa shape index (κ1) is 8.19. The summed E-state index contributed by atoms with van der Waals surface area (Å²) >= 11 is -0.199. The Hall–Kier alpha value is 0.189. The molecule has 0 radical (unpaired) electrons. The maximum absolute atomic E-state index is 10.2. The van der Waals surface area contributed by atoms with E-state index in [0.717, 1.165) is 0 Å². The van der Waals surface area contributed by atoms with Crippen molar-refractivity contribution in [3.63, 3.8) is 0 Å². The molecular weight excluding hydrogens is 219 g/mol. The minimum absolute atomic E-state index is 0.199. The van der Waals surface area contributed by atoms with Crippen LogP contribution in [-0.4, -0.2) is 51.8 Å². The summed E-state index contributed by atoms with van der Waals surface area (Å²) < 4.78 is 4.26. The predicted octanol–water partition coefficient (Wildman–Crippen LogP) is -2.84. The summed E-state index contributed by atoms with van der Waals surface area (Å²) in [5.41, 5.74) is 0. The Morgan fingerprint density at radius 1 is 1.88 bits per heavy atom. The Balaban J connectivity index is 3.46. The molecule has 5 heteroatoms. The summed E-state index contributed by atoms with van der Waals surface area (Å²) in [6.45, 7) is -0.557. The zero-order valence-electron chi connectivity index (χ0n) is 4.50. The molecule has 0 aromatic carbocycles. The predicted molar refractivity (Wildman–Crippen MR) is 29.1 cm³/mol. The summed E-state index contributed by atoms with van der Waals surface area (Å²) in [4.78, 5) is 10.2. The summed E-state index contributed by atoms with van der Waals surface area (Å²) in [7, 11) is 0. The van der Waals surface area contributed by atoms with Gasteiger partial charge >= 0.3 is 59.7 Å². The third-order valence-electron chi connectivity index (χ3n) is 0.646. The molecule has 4 nitrogen and oxygen atoms in total. The van der Waals surface area contributed by atoms with Crippen LogP contribution in [0, 0.1) is 0 Å². The van der Waals surface area contributed by atoms with Crippen LogP contribution in [0.4, 0.5) is 0 Å². The molecule has 0 aliphatic rings. The fourth-order valence-corrected chi connectivity index (χ4v) is 0.987. The molecule has 8 heavy (non-hydrogen) atoms. The van der Waals surface area contributed by atoms with Crippen molar-refractivity contribution in [3.8, 4) is 0 Å². The van der Waals surface area contributed by atoms with Crippen LogP contribution in [0.15, 0.2) is 0 Å². The molecule has 0 heterocycles. The molecule has 1 unspecified atom stereocenters. The minimum atomic E-state index is -1.34. The van der Waals surface area contributed by atoms with Gasteiger partial charge in [0.1, 0.15) is 0 Å². The van der Waals surface area contributed by atoms with Gasteiger partial charge in [0.15, 0.2) is 0 Å². The van der Waals surface area contributed by atoms with E-state index in [1.807, 2.05) is 0 Å². The van der Waals surface area contributed by atoms with Crippen LogP contribution in [0.25, 0.3) is 0 Å². The molecule has 0 aromatic rings. The monoisotopic (exact) mass is 228 g/mol. The van der Waals surface area contributed by atoms with Crippen molar-refractivity contribution in [2.75, 3.05) is 6.61 Å². The van der Waals surface area contributed by atoms with Gasteiger partial charge < -0.3 is 0 Å². The van der Waals surface area contributed by atoms with Crippen molar-refractivity contribution in [2.45, 2.75) is 6.10 Å². The molecule has 0 spiro atoms. The molecule has 2 N–H and O–H groups in total. The summed E-state index contributed by atoms with van der Waals surface area (Å²) in [5.74, 6) is -0.719. The zero-order valence-corrected chi connectivity index (χ0v) is 10.2. The van der Waals surface area contributed by atoms with E-state index < -0.39 is 18.7 Å². The fourth-order valence-electron chi connectivity index (χ4n) is 0.211. The van der Waals surface area contributed by atoms with Gasteiger partial charge in [-0.1, -0.05) is 0 Å². The van der Waals surface area contributed by atoms with Crippen molar-refractivity contribution >= 4 is 28.9 Å². The van der Waals surface area contributed by atoms with Gasteiger partial charge in [0.05, 0.1) is 0 Å². The first-order chi connectivity index (χ1) is 3.72. The topological polar surface area (TPSA) is 66.8 Å². The van der Waals surface area contributed by atoms with E-state index in [1.54, 1.807) is 0 Å². The van der Waals surface area contributed by atoms with Crippen LogP contribution in [-0.2, 0) is 7.87 Å². The molecule has 0 saturated carbocycles. The molecule has 0 amide bonds. The molecule has 0 rings (SSSR count). The van der Waals surface area contributed by atoms with Crippen molar-refractivity contribution in [1.29, 1.82) is 0 Å². The second kappa shape index (κ2) is 4.11. The number of aliphatic hydroxyl groups excluding tert-OH is 2. The molecule has 0 aliphatic carbocycles. The van der Waals surface area contributed by atoms with Crippen LogP contribution in [0.1, 0.15) is 0 Å². The van der Waals surface area contributed by atoms with Crippen molar-refractivity contribution < 1.29 is 18.1 Å². The maximum atomic E-state index is 10.2. The number of hydrogen-bond acceptors (Lipinski definition) is 4. The number of rotatable bonds is 2. The normalized spacial score (nSPS) is 13.2. The number of carbonyl (C=O) groups excluding carboxylic acids is 1. The average Bonchev–Trinajstić information content (AvgIpc) is 1.84. The van der Waals surface area contributed by atoms with E-state index in [-0.39, 0.29) is 22.9 Å². The quantitative estimate of drug-likeness (QED) is 0.498. The SMILES string of the molecule is O=C([O][SnH3])C(O)CO. The van der Waals surface area contributed by atoms with Crippen LogP contribution in [0.3, 0.4) is 0 Å². The Morgan fingerprint density at radius 2 is 2.38 bits per heavy atom. The fraction of sp³-hybridized carbons (Fsp3) is 0.667. The Morgan fingerprint density at radius 3 is 2.50 bits per heavy atom. The summed E-state index contributed by atoms with van der Waals surface area (Å²) in [5, 5.41) is 16.5. The summed E-state index contributed by atoms with van der Waals surface area (Å²) in [6.07, 6.45) is -1.34. The van der Waals surface area contributed by atoms with Gasteiger partial charge in [0.25, 0.3) is 0 Å². The van der Waals surface area contributed by atoms with Gasteiger partial charge in [-0.15, -0.1) is 0 Å². The molecule has 0 aromatic heterocycles. The van der Waals surface area contributed by atoms with E-state index in [2.05, 4.69) is 3.07 Å². The summed E-state index contributed by atoms with van der Waals surface area (Å²) in [6, 6.07) is 0. The first-order valence-corrected chi connectivity index (χ1v) is 4.42. The van der Waals surface area contributed by atoms with Gasteiger partial charge in [-0.05, 0) is 0 Å². The molecule has 1 atom stereocenters. The molecule has 0 fully saturated rings. The first-order valence-electron chi connectivity index (χ1n) is 2.09. The Kier molecular flexibility index (Phi) is 4.20. The van der Waals surface area contributed by atoms with E-state index >= 15 is 0 Å². The third-order valence-corrected chi connectivity index (χ3v) is 1.79. The number of hydrogen-bond donors (Lipinski definition) is 2. The van der Waals surface area contributed by atoms with Crippen LogP contribution >= 0.6 is 0 Å². The molecule has 48 valence electrons. The Bertz CT molecular complexity index is 83.4. The second-order valence-electron chi connectivity index (χ2n) is 1.22. The van der Waals surface area contributed by atoms with Gasteiger partial charge in [-0.2, -0.15) is 0 Å². The molecular formula is C3H8O4Sn. The molecule has 0 bridgehead atoms. The Labute approximate surface area is 60.1 Å². The van der Waals surface area contributed by atoms with Crippen LogP contribution < -0.4 is 0 Å². The van der Waals surface area contributed by atoms with Crippen molar-refractivity contribution in [3.05, 3.63) is 0 Å². The number of carbonyl (C=O) groups is 1. The van der Waals surface area contributed by atoms with Gasteiger partial charge in [0, 0.05) is 0 Å². The van der Waals surface area contributed by atoms with Gasteiger partial charge in [0.2, 0.25) is 0 Å². The van der Waals surface area contributed by atoms with E-state index in [9.17, 15) is 4.79 Å². The van der Waals surface area contributed by atoms with E-state index in [4.69, 9.17) is 10.2 Å². The zero-order chi connectivity index (χ0) is 6.57. The third kappa shape index (κ3) is 2.48. The van der Waals surface area contributed by atoms with Gasteiger partial charge in [-0.25, -0.2) is 0 Å². The standard InChI is InChI=1S/C3H6O4.Sn.3H/c4-1-2(5)3(6)7;;;;/h2,4-5H,1H2,(H,6,7);;;;/q;+1;;;/p-1. The van der Waals surface area contributed by atoms with Crippen LogP contribution in [0.2, 0.25) is 0 Å².